The van der Waals surface area contributed by atoms with Crippen LogP contribution >= 0.6 is 0 Å². The Balaban J connectivity index is 1.66. The fourth-order valence-electron chi connectivity index (χ4n) is 2.74. The van der Waals surface area contributed by atoms with Gasteiger partial charge in [0.1, 0.15) is 11.9 Å². The van der Waals surface area contributed by atoms with Crippen molar-refractivity contribution < 1.29 is 18.8 Å². The summed E-state index contributed by atoms with van der Waals surface area (Å²) in [7, 11) is 0. The van der Waals surface area contributed by atoms with Crippen LogP contribution in [0.1, 0.15) is 17.2 Å². The van der Waals surface area contributed by atoms with Crippen molar-refractivity contribution in [2.24, 2.45) is 0 Å². The maximum atomic E-state index is 13.0. The van der Waals surface area contributed by atoms with Crippen LogP contribution in [-0.2, 0) is 9.53 Å². The molecule has 0 N–H and O–H groups in total. The van der Waals surface area contributed by atoms with Crippen LogP contribution in [0.3, 0.4) is 0 Å². The molecule has 1 amide bonds. The molecule has 0 spiro atoms. The number of amides is 1. The predicted octanol–water partition coefficient (Wildman–Crippen LogP) is 3.35. The zero-order valence-corrected chi connectivity index (χ0v) is 13.9. The molecule has 1 aliphatic heterocycles. The van der Waals surface area contributed by atoms with Gasteiger partial charge in [0.25, 0.3) is 5.69 Å². The summed E-state index contributed by atoms with van der Waals surface area (Å²) in [6.45, 7) is 1.21. The van der Waals surface area contributed by atoms with E-state index in [-0.39, 0.29) is 23.5 Å². The number of hydrogen-bond donors (Lipinski definition) is 0. The molecule has 1 unspecified atom stereocenters. The number of carbonyl (C=O) groups is 1. The van der Waals surface area contributed by atoms with Crippen molar-refractivity contribution in [3.8, 4) is 0 Å². The van der Waals surface area contributed by atoms with Gasteiger partial charge in [0.05, 0.1) is 18.1 Å². The minimum absolute atomic E-state index is 0.0256. The van der Waals surface area contributed by atoms with Crippen LogP contribution in [0.15, 0.2) is 54.6 Å². The number of rotatable bonds is 4. The van der Waals surface area contributed by atoms with Crippen molar-refractivity contribution in [2.75, 3.05) is 19.7 Å². The van der Waals surface area contributed by atoms with E-state index in [0.717, 1.165) is 5.56 Å². The van der Waals surface area contributed by atoms with Crippen LogP contribution in [0.4, 0.5) is 10.1 Å². The van der Waals surface area contributed by atoms with E-state index in [9.17, 15) is 19.3 Å². The highest BCUT2D eigenvalue weighted by Gasteiger charge is 2.24. The van der Waals surface area contributed by atoms with Crippen LogP contribution in [-0.4, -0.2) is 35.4 Å². The van der Waals surface area contributed by atoms with Gasteiger partial charge in [-0.2, -0.15) is 0 Å². The van der Waals surface area contributed by atoms with E-state index in [1.54, 1.807) is 35.2 Å². The van der Waals surface area contributed by atoms with Gasteiger partial charge in [-0.25, -0.2) is 4.39 Å². The molecule has 1 atom stereocenters. The molecule has 2 aromatic rings. The van der Waals surface area contributed by atoms with E-state index >= 15 is 0 Å². The lowest BCUT2D eigenvalue weighted by molar-refractivity contribution is -0.384. The van der Waals surface area contributed by atoms with Gasteiger partial charge < -0.3 is 9.64 Å². The normalized spacial score (nSPS) is 17.4. The molecule has 0 aromatic heterocycles. The smallest absolute Gasteiger partial charge is 0.270 e. The van der Waals surface area contributed by atoms with Crippen LogP contribution in [0, 0.1) is 15.9 Å². The van der Waals surface area contributed by atoms with E-state index in [1.807, 2.05) is 0 Å². The van der Waals surface area contributed by atoms with Crippen LogP contribution in [0.2, 0.25) is 0 Å². The van der Waals surface area contributed by atoms with Gasteiger partial charge >= 0.3 is 0 Å². The summed E-state index contributed by atoms with van der Waals surface area (Å²) < 4.78 is 18.7. The number of non-ortho nitro benzene ring substituents is 1. The van der Waals surface area contributed by atoms with Gasteiger partial charge in [-0.05, 0) is 29.3 Å². The molecule has 134 valence electrons. The Hall–Kier alpha value is -3.06. The molecular weight excluding hydrogens is 339 g/mol. The quantitative estimate of drug-likeness (QED) is 0.478. The third-order valence-electron chi connectivity index (χ3n) is 4.12. The lowest BCUT2D eigenvalue weighted by Crippen LogP contribution is -2.41. The fourth-order valence-corrected chi connectivity index (χ4v) is 2.74. The average Bonchev–Trinajstić information content (AvgIpc) is 2.67. The Morgan fingerprint density at radius 2 is 2.04 bits per heavy atom. The molecule has 3 rings (SSSR count). The van der Waals surface area contributed by atoms with Gasteiger partial charge in [-0.1, -0.05) is 24.3 Å². The highest BCUT2D eigenvalue weighted by Crippen LogP contribution is 2.23. The Kier molecular flexibility index (Phi) is 5.38. The number of hydrogen-bond acceptors (Lipinski definition) is 4. The summed E-state index contributed by atoms with van der Waals surface area (Å²) >= 11 is 0. The summed E-state index contributed by atoms with van der Waals surface area (Å²) in [5.41, 5.74) is 1.37. The third-order valence-corrected chi connectivity index (χ3v) is 4.12. The molecule has 0 bridgehead atoms. The largest absolute Gasteiger partial charge is 0.370 e. The monoisotopic (exact) mass is 356 g/mol. The van der Waals surface area contributed by atoms with E-state index in [2.05, 4.69) is 0 Å². The molecule has 0 saturated carbocycles. The van der Waals surface area contributed by atoms with Crippen molar-refractivity contribution in [2.45, 2.75) is 6.10 Å². The van der Waals surface area contributed by atoms with Crippen LogP contribution in [0.5, 0.6) is 0 Å². The Labute approximate surface area is 149 Å². The maximum Gasteiger partial charge on any atom is 0.270 e. The number of nitro benzene ring substituents is 1. The Morgan fingerprint density at radius 1 is 1.27 bits per heavy atom. The first-order valence-electron chi connectivity index (χ1n) is 8.11. The predicted molar refractivity (Wildman–Crippen MR) is 93.8 cm³/mol. The number of carbonyl (C=O) groups excluding carboxylic acids is 1. The zero-order valence-electron chi connectivity index (χ0n) is 13.9. The molecular formula is C19H17FN2O4. The van der Waals surface area contributed by atoms with E-state index < -0.39 is 4.92 Å². The standard InChI is InChI=1S/C19H17FN2O4/c20-16-7-5-15(6-8-16)18-13-21(10-11-26-18)19(23)9-4-14-2-1-3-17(12-14)22(24)25/h1-9,12,18H,10-11,13H2/b9-4+. The molecule has 1 saturated heterocycles. The topological polar surface area (TPSA) is 72.7 Å². The van der Waals surface area contributed by atoms with Crippen LogP contribution < -0.4 is 0 Å². The van der Waals surface area contributed by atoms with Gasteiger partial charge in [-0.3, -0.25) is 14.9 Å². The van der Waals surface area contributed by atoms with E-state index in [1.165, 1.54) is 30.3 Å². The molecule has 1 aliphatic rings. The van der Waals surface area contributed by atoms with E-state index in [4.69, 9.17) is 4.74 Å². The summed E-state index contributed by atoms with van der Waals surface area (Å²) in [6, 6.07) is 12.1. The SMILES string of the molecule is O=C(/C=C/c1cccc([N+](=O)[O-])c1)N1CCOC(c2ccc(F)cc2)C1. The second kappa shape index (κ2) is 7.88. The molecule has 2 aromatic carbocycles. The summed E-state index contributed by atoms with van der Waals surface area (Å²) in [5, 5.41) is 10.8. The molecule has 0 radical (unpaired) electrons. The van der Waals surface area contributed by atoms with Crippen LogP contribution in [0.25, 0.3) is 6.08 Å². The lowest BCUT2D eigenvalue weighted by Gasteiger charge is -2.32. The number of morpholine rings is 1. The number of nitrogens with zero attached hydrogens (tertiary/aromatic N) is 2. The average molecular weight is 356 g/mol. The summed E-state index contributed by atoms with van der Waals surface area (Å²) in [5.74, 6) is -0.524. The molecule has 1 heterocycles. The Morgan fingerprint density at radius 3 is 2.77 bits per heavy atom. The first kappa shape index (κ1) is 17.8. The fraction of sp³-hybridized carbons (Fsp3) is 0.211. The van der Waals surface area contributed by atoms with Gasteiger partial charge in [0.2, 0.25) is 5.91 Å². The van der Waals surface area contributed by atoms with E-state index in [0.29, 0.717) is 25.3 Å². The van der Waals surface area contributed by atoms with Crippen molar-refractivity contribution >= 4 is 17.7 Å². The minimum Gasteiger partial charge on any atom is -0.370 e. The third kappa shape index (κ3) is 4.31. The Bertz CT molecular complexity index is 836. The minimum atomic E-state index is -0.478. The van der Waals surface area contributed by atoms with Crippen molar-refractivity contribution in [1.29, 1.82) is 0 Å². The van der Waals surface area contributed by atoms with Gasteiger partial charge in [0.15, 0.2) is 0 Å². The number of halogens is 1. The zero-order chi connectivity index (χ0) is 18.5. The molecule has 1 fully saturated rings. The highest BCUT2D eigenvalue weighted by atomic mass is 19.1. The summed E-state index contributed by atoms with van der Waals surface area (Å²) in [4.78, 5) is 24.4. The maximum absolute atomic E-state index is 13.0. The van der Waals surface area contributed by atoms with Gasteiger partial charge in [-0.15, -0.1) is 0 Å². The lowest BCUT2D eigenvalue weighted by atomic mass is 10.1. The second-order valence-electron chi connectivity index (χ2n) is 5.88. The number of ether oxygens (including phenoxy) is 1. The molecule has 6 nitrogen and oxygen atoms in total. The van der Waals surface area contributed by atoms with Gasteiger partial charge in [0, 0.05) is 24.8 Å². The van der Waals surface area contributed by atoms with Crippen molar-refractivity contribution in [3.05, 3.63) is 81.7 Å². The second-order valence-corrected chi connectivity index (χ2v) is 5.88. The molecule has 0 aliphatic carbocycles. The first-order chi connectivity index (χ1) is 12.5. The van der Waals surface area contributed by atoms with Crippen molar-refractivity contribution in [3.63, 3.8) is 0 Å². The highest BCUT2D eigenvalue weighted by molar-refractivity contribution is 5.92. The number of nitro groups is 1. The first-order valence-corrected chi connectivity index (χ1v) is 8.11. The summed E-state index contributed by atoms with van der Waals surface area (Å²) in [6.07, 6.45) is 2.64. The molecule has 26 heavy (non-hydrogen) atoms. The molecule has 7 heteroatoms. The number of benzene rings is 2. The van der Waals surface area contributed by atoms with Crippen molar-refractivity contribution in [1.82, 2.24) is 4.90 Å².